The third-order valence-electron chi connectivity index (χ3n) is 9.29. The second-order valence-electron chi connectivity index (χ2n) is 15.1. The molecule has 7 N–H and O–H groups in total. The maximum atomic E-state index is 12.7. The molecule has 0 aliphatic rings. The van der Waals surface area contributed by atoms with Gasteiger partial charge in [0.25, 0.3) is 0 Å². The van der Waals surface area contributed by atoms with E-state index in [2.05, 4.69) is 22.9 Å². The van der Waals surface area contributed by atoms with Gasteiger partial charge in [0, 0.05) is 12.8 Å². The van der Waals surface area contributed by atoms with Gasteiger partial charge in [0.15, 0.2) is 6.10 Å². The summed E-state index contributed by atoms with van der Waals surface area (Å²) in [5.41, 5.74) is 0. The van der Waals surface area contributed by atoms with Crippen LogP contribution in [0.4, 0.5) is 0 Å². The second-order valence-corrected chi connectivity index (χ2v) is 17.7. The number of phosphoric acid groups is 2. The third-order valence-corrected chi connectivity index (χ3v) is 10.7. The molecular weight excluding hydrogens is 834 g/mol. The quantitative estimate of drug-likeness (QED) is 0.0103. The van der Waals surface area contributed by atoms with E-state index in [1.807, 2.05) is 19.1 Å². The lowest BCUT2D eigenvalue weighted by atomic mass is 9.99. The van der Waals surface area contributed by atoms with Gasteiger partial charge in [-0.15, -0.1) is 0 Å². The summed E-state index contributed by atoms with van der Waals surface area (Å²) in [4.78, 5) is 52.7. The van der Waals surface area contributed by atoms with Crippen molar-refractivity contribution in [2.45, 2.75) is 167 Å². The van der Waals surface area contributed by atoms with Crippen LogP contribution in [-0.4, -0.2) is 104 Å². The second kappa shape index (κ2) is 37.1. The fourth-order valence-corrected chi connectivity index (χ4v) is 6.64. The van der Waals surface area contributed by atoms with Crippen molar-refractivity contribution in [1.29, 1.82) is 0 Å². The first-order chi connectivity index (χ1) is 29.0. The minimum Gasteiger partial charge on any atom is -0.462 e. The van der Waals surface area contributed by atoms with Gasteiger partial charge >= 0.3 is 27.6 Å². The van der Waals surface area contributed by atoms with Crippen molar-refractivity contribution in [3.63, 3.8) is 0 Å². The van der Waals surface area contributed by atoms with Crippen LogP contribution in [0.15, 0.2) is 60.8 Å². The molecule has 16 nitrogen and oxygen atoms in total. The first kappa shape index (κ1) is 58.7. The molecule has 0 saturated heterocycles. The summed E-state index contributed by atoms with van der Waals surface area (Å²) in [6, 6.07) is 0. The van der Waals surface area contributed by atoms with E-state index in [1.165, 1.54) is 51.0 Å². The third kappa shape index (κ3) is 39.1. The maximum absolute atomic E-state index is 12.7. The van der Waals surface area contributed by atoms with Crippen molar-refractivity contribution in [2.75, 3.05) is 26.4 Å². The van der Waals surface area contributed by atoms with Crippen LogP contribution in [0.2, 0.25) is 0 Å². The number of hydrogen-bond donors (Lipinski definition) is 7. The van der Waals surface area contributed by atoms with Gasteiger partial charge in [0.2, 0.25) is 0 Å². The molecule has 0 heterocycles. The average Bonchev–Trinajstić information content (AvgIpc) is 3.21. The van der Waals surface area contributed by atoms with Crippen molar-refractivity contribution < 1.29 is 76.9 Å². The van der Waals surface area contributed by atoms with E-state index in [1.54, 1.807) is 42.5 Å². The molecule has 18 heteroatoms. The summed E-state index contributed by atoms with van der Waals surface area (Å²) in [5.74, 6) is -0.564. The molecule has 0 aliphatic carbocycles. The van der Waals surface area contributed by atoms with E-state index in [0.717, 1.165) is 38.0 Å². The van der Waals surface area contributed by atoms with Crippen LogP contribution < -0.4 is 0 Å². The number of carbonyl (C=O) groups excluding carboxylic acids is 2. The van der Waals surface area contributed by atoms with Gasteiger partial charge in [0.1, 0.15) is 12.7 Å². The highest BCUT2D eigenvalue weighted by molar-refractivity contribution is 7.47. The van der Waals surface area contributed by atoms with Crippen molar-refractivity contribution in [3.05, 3.63) is 60.8 Å². The molecule has 0 aromatic carbocycles. The molecule has 0 rings (SSSR count). The molecule has 0 aromatic heterocycles. The summed E-state index contributed by atoms with van der Waals surface area (Å²) in [7, 11) is -9.81. The van der Waals surface area contributed by atoms with E-state index < -0.39 is 84.5 Å². The molecule has 0 spiro atoms. The number of rotatable bonds is 39. The maximum Gasteiger partial charge on any atom is 0.472 e. The summed E-state index contributed by atoms with van der Waals surface area (Å²) in [6.07, 6.45) is 25.9. The summed E-state index contributed by atoms with van der Waals surface area (Å²) in [6.45, 7) is 3.47. The van der Waals surface area contributed by atoms with Gasteiger partial charge in [-0.05, 0) is 38.0 Å². The zero-order valence-corrected chi connectivity index (χ0v) is 38.3. The van der Waals surface area contributed by atoms with Crippen LogP contribution in [-0.2, 0) is 41.8 Å². The molecule has 0 aromatic rings. The normalized spacial score (nSPS) is 16.7. The highest BCUT2D eigenvalue weighted by atomic mass is 31.2. The van der Waals surface area contributed by atoms with Gasteiger partial charge in [-0.3, -0.25) is 23.2 Å². The molecule has 7 atom stereocenters. The SMILES string of the molecule is CC/C=C\C[C@H](O)/C=C/C=C/C=C\C=C/[C@@H](O)[C@H](O)CCCC(=O)O[C@H](COC(=O)CCCCCCCCCCCCC(C)CC)COP(=O)(O)OC[C@@H](O)COP(=O)(O)O. The number of unbranched alkanes of at least 4 members (excludes halogenated alkanes) is 9. The van der Waals surface area contributed by atoms with Crippen LogP contribution in [0.1, 0.15) is 136 Å². The van der Waals surface area contributed by atoms with Crippen LogP contribution >= 0.6 is 15.6 Å². The number of aliphatic hydroxyl groups excluding tert-OH is 4. The number of allylic oxidation sites excluding steroid dienone is 7. The molecule has 0 bridgehead atoms. The van der Waals surface area contributed by atoms with Crippen LogP contribution in [0, 0.1) is 5.92 Å². The number of esters is 2. The molecule has 2 unspecified atom stereocenters. The number of hydrogen-bond acceptors (Lipinski definition) is 13. The summed E-state index contributed by atoms with van der Waals surface area (Å²) in [5, 5.41) is 40.2. The lowest BCUT2D eigenvalue weighted by molar-refractivity contribution is -0.161. The van der Waals surface area contributed by atoms with E-state index in [4.69, 9.17) is 23.8 Å². The standard InChI is InChI=1S/C43H76O16P2/c1-4-6-19-26-37(44)27-21-16-13-14-17-22-28-40(46)41(47)29-24-31-43(49)59-39(35-58-61(53,54)57-33-38(45)32-56-60(50,51)52)34-55-42(48)30-23-18-12-10-8-7-9-11-15-20-25-36(3)5-2/h6,13-14,16-17,19,21-22,27-28,36-41,44-47H,4-5,7-12,15,18,20,23-26,29-35H2,1-3H3,(H,53,54)(H2,50,51,52)/b16-13+,17-14-,19-6-,27-21+,28-22-/t36?,37-,38-,39+,40+,41+/m0/s1. The molecule has 354 valence electrons. The topological polar surface area (TPSA) is 256 Å². The Bertz CT molecular complexity index is 1380. The lowest BCUT2D eigenvalue weighted by Gasteiger charge is -2.21. The predicted molar refractivity (Wildman–Crippen MR) is 234 cm³/mol. The Hall–Kier alpha value is -2.30. The van der Waals surface area contributed by atoms with Gasteiger partial charge in [-0.1, -0.05) is 152 Å². The monoisotopic (exact) mass is 910 g/mol. The van der Waals surface area contributed by atoms with E-state index in [0.29, 0.717) is 12.8 Å². The molecular formula is C43H76O16P2. The van der Waals surface area contributed by atoms with Crippen molar-refractivity contribution >= 4 is 27.6 Å². The summed E-state index contributed by atoms with van der Waals surface area (Å²) >= 11 is 0. The lowest BCUT2D eigenvalue weighted by Crippen LogP contribution is -2.30. The molecule has 0 fully saturated rings. The van der Waals surface area contributed by atoms with E-state index >= 15 is 0 Å². The molecule has 0 aliphatic heterocycles. The Balaban J connectivity index is 4.87. The zero-order valence-electron chi connectivity index (χ0n) is 36.5. The van der Waals surface area contributed by atoms with E-state index in [9.17, 15) is 44.0 Å². The van der Waals surface area contributed by atoms with Gasteiger partial charge < -0.3 is 44.6 Å². The van der Waals surface area contributed by atoms with Crippen molar-refractivity contribution in [3.8, 4) is 0 Å². The first-order valence-corrected chi connectivity index (χ1v) is 24.7. The summed E-state index contributed by atoms with van der Waals surface area (Å²) < 4.78 is 47.5. The Morgan fingerprint density at radius 3 is 1.75 bits per heavy atom. The number of ether oxygens (including phenoxy) is 2. The Morgan fingerprint density at radius 2 is 1.15 bits per heavy atom. The van der Waals surface area contributed by atoms with Crippen LogP contribution in [0.5, 0.6) is 0 Å². The fourth-order valence-electron chi connectivity index (χ4n) is 5.49. The minimum atomic E-state index is -4.91. The molecule has 61 heavy (non-hydrogen) atoms. The smallest absolute Gasteiger partial charge is 0.462 e. The van der Waals surface area contributed by atoms with E-state index in [-0.39, 0.29) is 25.7 Å². The fraction of sp³-hybridized carbons (Fsp3) is 0.721. The first-order valence-electron chi connectivity index (χ1n) is 21.7. The van der Waals surface area contributed by atoms with Crippen molar-refractivity contribution in [1.82, 2.24) is 0 Å². The van der Waals surface area contributed by atoms with Gasteiger partial charge in [-0.25, -0.2) is 9.13 Å². The predicted octanol–water partition coefficient (Wildman–Crippen LogP) is 7.61. The molecule has 0 amide bonds. The zero-order chi connectivity index (χ0) is 45.8. The highest BCUT2D eigenvalue weighted by Crippen LogP contribution is 2.43. The minimum absolute atomic E-state index is 0.0210. The molecule has 0 radical (unpaired) electrons. The van der Waals surface area contributed by atoms with Gasteiger partial charge in [-0.2, -0.15) is 0 Å². The average molecular weight is 911 g/mol. The van der Waals surface area contributed by atoms with Gasteiger partial charge in [0.05, 0.1) is 38.1 Å². The molecule has 0 saturated carbocycles. The van der Waals surface area contributed by atoms with Crippen LogP contribution in [0.25, 0.3) is 0 Å². The largest absolute Gasteiger partial charge is 0.472 e. The number of phosphoric ester groups is 2. The number of aliphatic hydroxyl groups is 4. The Morgan fingerprint density at radius 1 is 0.607 bits per heavy atom. The Labute approximate surface area is 363 Å². The number of carbonyl (C=O) groups is 2. The Kier molecular flexibility index (Phi) is 35.7. The van der Waals surface area contributed by atoms with Crippen LogP contribution in [0.3, 0.4) is 0 Å². The van der Waals surface area contributed by atoms with Crippen molar-refractivity contribution in [2.24, 2.45) is 5.92 Å². The highest BCUT2D eigenvalue weighted by Gasteiger charge is 2.28.